The minimum Gasteiger partial charge on any atom is -0.373 e. The highest BCUT2D eigenvalue weighted by Gasteiger charge is 2.42. The largest absolute Gasteiger partial charge is 0.373 e. The van der Waals surface area contributed by atoms with Gasteiger partial charge >= 0.3 is 0 Å². The molecule has 3 nitrogen and oxygen atoms in total. The molecule has 3 heteroatoms. The van der Waals surface area contributed by atoms with E-state index in [-0.39, 0.29) is 11.9 Å². The Bertz CT molecular complexity index is 668. The van der Waals surface area contributed by atoms with Crippen molar-refractivity contribution in [2.24, 2.45) is 5.92 Å². The van der Waals surface area contributed by atoms with E-state index < -0.39 is 0 Å². The number of benzene rings is 2. The number of nitrogens with one attached hydrogen (secondary N) is 1. The van der Waals surface area contributed by atoms with Gasteiger partial charge in [0, 0.05) is 24.7 Å². The number of carbonyl (C=O) groups is 1. The van der Waals surface area contributed by atoms with Crippen LogP contribution in [0.25, 0.3) is 0 Å². The van der Waals surface area contributed by atoms with Gasteiger partial charge in [0.15, 0.2) is 0 Å². The maximum absolute atomic E-state index is 12.6. The van der Waals surface area contributed by atoms with Crippen LogP contribution >= 0.6 is 0 Å². The molecule has 2 aromatic carbocycles. The minimum atomic E-state index is -0.0522. The van der Waals surface area contributed by atoms with Crippen molar-refractivity contribution < 1.29 is 4.79 Å². The van der Waals surface area contributed by atoms with Crippen molar-refractivity contribution >= 4 is 11.6 Å². The van der Waals surface area contributed by atoms with Crippen molar-refractivity contribution in [1.29, 1.82) is 0 Å². The maximum atomic E-state index is 12.6. The molecule has 2 atom stereocenters. The number of carbonyl (C=O) groups excluding carboxylic acids is 1. The molecular weight excluding hydrogens is 260 g/mol. The molecule has 2 aromatic rings. The first-order valence-corrected chi connectivity index (χ1v) is 7.48. The van der Waals surface area contributed by atoms with Crippen molar-refractivity contribution in [2.75, 3.05) is 11.9 Å². The molecule has 1 N–H and O–H groups in total. The SMILES string of the molecule is O=C1C2Nc3ccccc3CC2CN1Cc1ccccc1. The summed E-state index contributed by atoms with van der Waals surface area (Å²) in [6.45, 7) is 1.56. The van der Waals surface area contributed by atoms with E-state index in [0.717, 1.165) is 18.7 Å². The predicted octanol–water partition coefficient (Wildman–Crippen LogP) is 2.68. The van der Waals surface area contributed by atoms with E-state index in [0.29, 0.717) is 12.5 Å². The smallest absolute Gasteiger partial charge is 0.245 e. The summed E-state index contributed by atoms with van der Waals surface area (Å²) in [6, 6.07) is 18.5. The summed E-state index contributed by atoms with van der Waals surface area (Å²) in [5.41, 5.74) is 3.64. The van der Waals surface area contributed by atoms with Gasteiger partial charge in [0.05, 0.1) is 0 Å². The lowest BCUT2D eigenvalue weighted by atomic mass is 9.89. The van der Waals surface area contributed by atoms with Gasteiger partial charge in [-0.05, 0) is 23.6 Å². The van der Waals surface area contributed by atoms with Crippen LogP contribution in [0, 0.1) is 5.92 Å². The Balaban J connectivity index is 1.54. The number of anilines is 1. The van der Waals surface area contributed by atoms with Crippen LogP contribution in [-0.4, -0.2) is 23.4 Å². The lowest BCUT2D eigenvalue weighted by Gasteiger charge is -2.27. The molecule has 0 aliphatic carbocycles. The van der Waals surface area contributed by atoms with E-state index in [1.807, 2.05) is 29.2 Å². The van der Waals surface area contributed by atoms with Gasteiger partial charge in [0.25, 0.3) is 0 Å². The fraction of sp³-hybridized carbons (Fsp3) is 0.278. The van der Waals surface area contributed by atoms with Crippen LogP contribution in [0.2, 0.25) is 0 Å². The number of amides is 1. The summed E-state index contributed by atoms with van der Waals surface area (Å²) in [7, 11) is 0. The van der Waals surface area contributed by atoms with Crippen LogP contribution in [0.5, 0.6) is 0 Å². The molecule has 2 heterocycles. The number of hydrogen-bond donors (Lipinski definition) is 1. The van der Waals surface area contributed by atoms with Crippen molar-refractivity contribution in [3.8, 4) is 0 Å². The summed E-state index contributed by atoms with van der Waals surface area (Å²) >= 11 is 0. The van der Waals surface area contributed by atoms with Crippen molar-refractivity contribution in [3.63, 3.8) is 0 Å². The Morgan fingerprint density at radius 3 is 2.67 bits per heavy atom. The molecule has 21 heavy (non-hydrogen) atoms. The molecule has 2 aliphatic rings. The zero-order valence-corrected chi connectivity index (χ0v) is 11.8. The summed E-state index contributed by atoms with van der Waals surface area (Å²) < 4.78 is 0. The highest BCUT2D eigenvalue weighted by Crippen LogP contribution is 2.33. The van der Waals surface area contributed by atoms with E-state index in [4.69, 9.17) is 0 Å². The zero-order chi connectivity index (χ0) is 14.2. The first-order chi connectivity index (χ1) is 10.3. The van der Waals surface area contributed by atoms with Gasteiger partial charge in [-0.1, -0.05) is 48.5 Å². The maximum Gasteiger partial charge on any atom is 0.245 e. The number of rotatable bonds is 2. The van der Waals surface area contributed by atoms with E-state index in [1.54, 1.807) is 0 Å². The molecular formula is C18H18N2O. The van der Waals surface area contributed by atoms with Gasteiger partial charge in [-0.25, -0.2) is 0 Å². The van der Waals surface area contributed by atoms with Crippen LogP contribution in [0.1, 0.15) is 11.1 Å². The van der Waals surface area contributed by atoms with E-state index in [2.05, 4.69) is 35.6 Å². The molecule has 2 aliphatic heterocycles. The van der Waals surface area contributed by atoms with Gasteiger partial charge in [-0.2, -0.15) is 0 Å². The summed E-state index contributed by atoms with van der Waals surface area (Å²) in [6.07, 6.45) is 0.991. The quantitative estimate of drug-likeness (QED) is 0.916. The first-order valence-electron chi connectivity index (χ1n) is 7.48. The number of fused-ring (bicyclic) bond motifs is 2. The second-order valence-corrected chi connectivity index (χ2v) is 5.95. The fourth-order valence-corrected chi connectivity index (χ4v) is 3.47. The average molecular weight is 278 g/mol. The Hall–Kier alpha value is -2.29. The lowest BCUT2D eigenvalue weighted by molar-refractivity contribution is -0.128. The summed E-state index contributed by atoms with van der Waals surface area (Å²) in [5, 5.41) is 3.43. The van der Waals surface area contributed by atoms with Gasteiger partial charge in [-0.15, -0.1) is 0 Å². The average Bonchev–Trinajstić information content (AvgIpc) is 2.82. The van der Waals surface area contributed by atoms with Crippen LogP contribution < -0.4 is 5.32 Å². The molecule has 4 rings (SSSR count). The molecule has 1 amide bonds. The molecule has 0 spiro atoms. The highest BCUT2D eigenvalue weighted by atomic mass is 16.2. The number of hydrogen-bond acceptors (Lipinski definition) is 2. The summed E-state index contributed by atoms with van der Waals surface area (Å²) in [4.78, 5) is 14.6. The molecule has 1 fully saturated rings. The molecule has 1 saturated heterocycles. The number of likely N-dealkylation sites (tertiary alicyclic amines) is 1. The van der Waals surface area contributed by atoms with Crippen LogP contribution in [-0.2, 0) is 17.8 Å². The third-order valence-electron chi connectivity index (χ3n) is 4.53. The molecule has 0 radical (unpaired) electrons. The highest BCUT2D eigenvalue weighted by molar-refractivity contribution is 5.88. The monoisotopic (exact) mass is 278 g/mol. The van der Waals surface area contributed by atoms with E-state index >= 15 is 0 Å². The summed E-state index contributed by atoms with van der Waals surface area (Å²) in [5.74, 6) is 0.620. The zero-order valence-electron chi connectivity index (χ0n) is 11.8. The Kier molecular flexibility index (Phi) is 2.92. The van der Waals surface area contributed by atoms with Crippen LogP contribution in [0.3, 0.4) is 0 Å². The van der Waals surface area contributed by atoms with Gasteiger partial charge in [0.2, 0.25) is 5.91 Å². The standard InChI is InChI=1S/C18H18N2O/c21-18-17-15(10-14-8-4-5-9-16(14)19-17)12-20(18)11-13-6-2-1-3-7-13/h1-9,15,17,19H,10-12H2. The molecule has 0 bridgehead atoms. The normalized spacial score (nSPS) is 23.4. The number of para-hydroxylation sites is 1. The second kappa shape index (κ2) is 4.92. The predicted molar refractivity (Wildman–Crippen MR) is 82.9 cm³/mol. The van der Waals surface area contributed by atoms with Gasteiger partial charge in [-0.3, -0.25) is 4.79 Å². The third kappa shape index (κ3) is 2.19. The number of nitrogens with zero attached hydrogens (tertiary/aromatic N) is 1. The Morgan fingerprint density at radius 2 is 1.81 bits per heavy atom. The molecule has 106 valence electrons. The first kappa shape index (κ1) is 12.5. The van der Waals surface area contributed by atoms with Crippen LogP contribution in [0.15, 0.2) is 54.6 Å². The minimum absolute atomic E-state index is 0.0522. The Labute approximate surface area is 124 Å². The third-order valence-corrected chi connectivity index (χ3v) is 4.53. The van der Waals surface area contributed by atoms with Crippen LogP contribution in [0.4, 0.5) is 5.69 Å². The second-order valence-electron chi connectivity index (χ2n) is 5.95. The van der Waals surface area contributed by atoms with Gasteiger partial charge in [0.1, 0.15) is 6.04 Å². The lowest BCUT2D eigenvalue weighted by Crippen LogP contribution is -2.38. The molecule has 2 unspecified atom stereocenters. The van der Waals surface area contributed by atoms with Crippen molar-refractivity contribution in [3.05, 3.63) is 65.7 Å². The molecule has 0 aromatic heterocycles. The van der Waals surface area contributed by atoms with Crippen molar-refractivity contribution in [1.82, 2.24) is 4.90 Å². The van der Waals surface area contributed by atoms with Gasteiger partial charge < -0.3 is 10.2 Å². The van der Waals surface area contributed by atoms with Crippen molar-refractivity contribution in [2.45, 2.75) is 19.0 Å². The topological polar surface area (TPSA) is 32.3 Å². The Morgan fingerprint density at radius 1 is 1.05 bits per heavy atom. The molecule has 0 saturated carbocycles. The van der Waals surface area contributed by atoms with E-state index in [1.165, 1.54) is 11.1 Å². The van der Waals surface area contributed by atoms with E-state index in [9.17, 15) is 4.79 Å². The fourth-order valence-electron chi connectivity index (χ4n) is 3.47.